The molecule has 102 valence electrons. The van der Waals surface area contributed by atoms with Gasteiger partial charge >= 0.3 is 0 Å². The Kier molecular flexibility index (Phi) is 4.56. The third-order valence-electron chi connectivity index (χ3n) is 2.91. The Morgan fingerprint density at radius 3 is 2.29 bits per heavy atom. The van der Waals surface area contributed by atoms with Gasteiger partial charge in [0.1, 0.15) is 0 Å². The van der Waals surface area contributed by atoms with E-state index in [4.69, 9.17) is 5.73 Å². The second-order valence-electron chi connectivity index (χ2n) is 4.65. The average molecular weight is 284 g/mol. The van der Waals surface area contributed by atoms with Crippen molar-refractivity contribution in [2.75, 3.05) is 17.9 Å². The molecular formula is C9H20N2O4S2. The Balaban J connectivity index is 3.01. The van der Waals surface area contributed by atoms with Gasteiger partial charge in [-0.1, -0.05) is 6.42 Å². The molecule has 0 aromatic carbocycles. The monoisotopic (exact) mass is 284 g/mol. The van der Waals surface area contributed by atoms with Gasteiger partial charge in [-0.25, -0.2) is 16.8 Å². The molecule has 2 unspecified atom stereocenters. The predicted molar refractivity (Wildman–Crippen MR) is 66.6 cm³/mol. The van der Waals surface area contributed by atoms with Crippen LogP contribution in [0, 0.1) is 0 Å². The van der Waals surface area contributed by atoms with Gasteiger partial charge in [-0.3, -0.25) is 0 Å². The van der Waals surface area contributed by atoms with Gasteiger partial charge in [0.25, 0.3) is 0 Å². The van der Waals surface area contributed by atoms with Crippen molar-refractivity contribution < 1.29 is 16.8 Å². The zero-order chi connectivity index (χ0) is 13.3. The maximum absolute atomic E-state index is 12.1. The molecule has 17 heavy (non-hydrogen) atoms. The van der Waals surface area contributed by atoms with Gasteiger partial charge in [0, 0.05) is 24.9 Å². The van der Waals surface area contributed by atoms with Crippen molar-refractivity contribution in [1.82, 2.24) is 4.31 Å². The molecule has 0 spiro atoms. The van der Waals surface area contributed by atoms with E-state index in [1.54, 1.807) is 6.92 Å². The molecule has 0 aromatic rings. The summed E-state index contributed by atoms with van der Waals surface area (Å²) in [5.41, 5.74) is 5.56. The van der Waals surface area contributed by atoms with Crippen molar-refractivity contribution in [3.63, 3.8) is 0 Å². The molecule has 2 atom stereocenters. The highest BCUT2D eigenvalue weighted by molar-refractivity contribution is 8.06. The summed E-state index contributed by atoms with van der Waals surface area (Å²) in [5.74, 6) is 0. The Morgan fingerprint density at radius 2 is 1.82 bits per heavy atom. The Bertz CT molecular complexity index is 457. The van der Waals surface area contributed by atoms with E-state index >= 15 is 0 Å². The summed E-state index contributed by atoms with van der Waals surface area (Å²) in [6.45, 7) is 2.02. The van der Waals surface area contributed by atoms with Gasteiger partial charge in [-0.15, -0.1) is 0 Å². The zero-order valence-corrected chi connectivity index (χ0v) is 11.8. The van der Waals surface area contributed by atoms with Crippen molar-refractivity contribution in [2.24, 2.45) is 5.73 Å². The SMILES string of the molecule is CC1CCCC(CN)N1S(=O)(=O)CS(C)(=O)=O. The number of hydrogen-bond acceptors (Lipinski definition) is 5. The summed E-state index contributed by atoms with van der Waals surface area (Å²) in [4.78, 5) is 0. The minimum Gasteiger partial charge on any atom is -0.329 e. The molecule has 8 heteroatoms. The summed E-state index contributed by atoms with van der Waals surface area (Å²) in [6, 6.07) is -0.449. The Hall–Kier alpha value is -0.180. The van der Waals surface area contributed by atoms with Crippen LogP contribution in [0.15, 0.2) is 0 Å². The molecule has 1 aliphatic heterocycles. The first-order valence-electron chi connectivity index (χ1n) is 5.56. The van der Waals surface area contributed by atoms with Crippen molar-refractivity contribution >= 4 is 19.9 Å². The number of sulfonamides is 1. The van der Waals surface area contributed by atoms with Crippen molar-refractivity contribution in [2.45, 2.75) is 38.3 Å². The standard InChI is InChI=1S/C9H20N2O4S2/c1-8-4-3-5-9(6-10)11(8)17(14,15)7-16(2,12)13/h8-9H,3-7,10H2,1-2H3. The molecule has 2 N–H and O–H groups in total. The second-order valence-corrected chi connectivity index (χ2v) is 9.03. The van der Waals surface area contributed by atoms with Gasteiger partial charge in [-0.05, 0) is 19.8 Å². The molecule has 0 radical (unpaired) electrons. The number of piperidine rings is 1. The lowest BCUT2D eigenvalue weighted by molar-refractivity contribution is 0.197. The number of sulfone groups is 1. The van der Waals surface area contributed by atoms with E-state index in [0.717, 1.165) is 19.1 Å². The lowest BCUT2D eigenvalue weighted by Crippen LogP contribution is -2.53. The Morgan fingerprint density at radius 1 is 1.24 bits per heavy atom. The highest BCUT2D eigenvalue weighted by Crippen LogP contribution is 2.26. The third-order valence-corrected chi connectivity index (χ3v) is 7.11. The average Bonchev–Trinajstić information content (AvgIpc) is 2.12. The summed E-state index contributed by atoms with van der Waals surface area (Å²) >= 11 is 0. The molecule has 0 aromatic heterocycles. The minimum atomic E-state index is -3.79. The van der Waals surface area contributed by atoms with E-state index in [0.29, 0.717) is 6.42 Å². The van der Waals surface area contributed by atoms with Gasteiger partial charge in [0.05, 0.1) is 0 Å². The predicted octanol–water partition coefficient (Wildman–Crippen LogP) is -0.480. The number of nitrogens with two attached hydrogens (primary N) is 1. The van der Waals surface area contributed by atoms with E-state index in [1.165, 1.54) is 4.31 Å². The Labute approximate surface area is 103 Å². The summed E-state index contributed by atoms with van der Waals surface area (Å²) in [6.07, 6.45) is 3.30. The third kappa shape index (κ3) is 3.90. The molecule has 1 aliphatic rings. The van der Waals surface area contributed by atoms with Crippen molar-refractivity contribution in [3.05, 3.63) is 0 Å². The summed E-state index contributed by atoms with van der Waals surface area (Å²) < 4.78 is 47.7. The highest BCUT2D eigenvalue weighted by atomic mass is 32.3. The van der Waals surface area contributed by atoms with E-state index in [-0.39, 0.29) is 18.6 Å². The molecule has 1 heterocycles. The van der Waals surface area contributed by atoms with Crippen LogP contribution < -0.4 is 5.73 Å². The molecule has 1 fully saturated rings. The highest BCUT2D eigenvalue weighted by Gasteiger charge is 2.37. The summed E-state index contributed by atoms with van der Waals surface area (Å²) in [7, 11) is -7.34. The molecule has 0 aliphatic carbocycles. The lowest BCUT2D eigenvalue weighted by Gasteiger charge is -2.38. The second kappa shape index (κ2) is 5.21. The van der Waals surface area contributed by atoms with Crippen LogP contribution in [0.4, 0.5) is 0 Å². The first-order valence-corrected chi connectivity index (χ1v) is 9.23. The molecule has 0 saturated carbocycles. The molecule has 1 rings (SSSR count). The smallest absolute Gasteiger partial charge is 0.229 e. The van der Waals surface area contributed by atoms with Gasteiger partial charge in [-0.2, -0.15) is 4.31 Å². The van der Waals surface area contributed by atoms with Gasteiger partial charge in [0.2, 0.25) is 10.0 Å². The first kappa shape index (κ1) is 14.9. The van der Waals surface area contributed by atoms with Crippen LogP contribution in [0.2, 0.25) is 0 Å². The normalized spacial score (nSPS) is 28.2. The summed E-state index contributed by atoms with van der Waals surface area (Å²) in [5, 5.41) is -0.833. The van der Waals surface area contributed by atoms with Crippen LogP contribution in [-0.2, 0) is 19.9 Å². The zero-order valence-electron chi connectivity index (χ0n) is 10.2. The lowest BCUT2D eigenvalue weighted by atomic mass is 10.00. The van der Waals surface area contributed by atoms with Crippen LogP contribution in [-0.4, -0.2) is 51.1 Å². The molecule has 1 saturated heterocycles. The maximum Gasteiger partial charge on any atom is 0.229 e. The van der Waals surface area contributed by atoms with E-state index in [1.807, 2.05) is 0 Å². The van der Waals surface area contributed by atoms with Gasteiger partial charge < -0.3 is 5.73 Å². The number of rotatable bonds is 4. The molecule has 0 amide bonds. The number of nitrogens with zero attached hydrogens (tertiary/aromatic N) is 1. The van der Waals surface area contributed by atoms with Gasteiger partial charge in [0.15, 0.2) is 14.9 Å². The van der Waals surface area contributed by atoms with Crippen LogP contribution in [0.5, 0.6) is 0 Å². The first-order chi connectivity index (χ1) is 7.67. The fourth-order valence-electron chi connectivity index (χ4n) is 2.32. The van der Waals surface area contributed by atoms with E-state index in [2.05, 4.69) is 0 Å². The quantitative estimate of drug-likeness (QED) is 0.752. The fraction of sp³-hybridized carbons (Fsp3) is 1.00. The van der Waals surface area contributed by atoms with E-state index in [9.17, 15) is 16.8 Å². The van der Waals surface area contributed by atoms with Crippen LogP contribution >= 0.6 is 0 Å². The largest absolute Gasteiger partial charge is 0.329 e. The van der Waals surface area contributed by atoms with Crippen LogP contribution in [0.25, 0.3) is 0 Å². The van der Waals surface area contributed by atoms with Crippen LogP contribution in [0.1, 0.15) is 26.2 Å². The fourth-order valence-corrected chi connectivity index (χ4v) is 6.27. The minimum absolute atomic E-state index is 0.177. The maximum atomic E-state index is 12.1. The molecule has 0 bridgehead atoms. The topological polar surface area (TPSA) is 97.5 Å². The van der Waals surface area contributed by atoms with E-state index < -0.39 is 24.9 Å². The number of hydrogen-bond donors (Lipinski definition) is 1. The van der Waals surface area contributed by atoms with Crippen molar-refractivity contribution in [1.29, 1.82) is 0 Å². The molecule has 6 nitrogen and oxygen atoms in total. The van der Waals surface area contributed by atoms with Crippen molar-refractivity contribution in [3.8, 4) is 0 Å². The molecular weight excluding hydrogens is 264 g/mol. The van der Waals surface area contributed by atoms with Crippen LogP contribution in [0.3, 0.4) is 0 Å².